The maximum atomic E-state index is 14.1. The lowest BCUT2D eigenvalue weighted by molar-refractivity contribution is -0.154. The highest BCUT2D eigenvalue weighted by atomic mass is 35.5. The highest BCUT2D eigenvalue weighted by Crippen LogP contribution is 2.38. The first-order valence-corrected chi connectivity index (χ1v) is 13.9. The fourth-order valence-electron chi connectivity index (χ4n) is 5.40. The van der Waals surface area contributed by atoms with Crippen LogP contribution in [0.15, 0.2) is 41.3 Å². The Morgan fingerprint density at radius 1 is 1.19 bits per heavy atom. The van der Waals surface area contributed by atoms with E-state index >= 15 is 0 Å². The molecule has 0 saturated carbocycles. The van der Waals surface area contributed by atoms with Gasteiger partial charge in [0.25, 0.3) is 0 Å². The molecule has 0 aliphatic carbocycles. The molecule has 0 radical (unpaired) electrons. The summed E-state index contributed by atoms with van der Waals surface area (Å²) in [4.78, 5) is 40.8. The van der Waals surface area contributed by atoms with Crippen molar-refractivity contribution < 1.29 is 27.5 Å². The average molecular weight is 551 g/mol. The Hall–Kier alpha value is -2.73. The molecule has 3 N–H and O–H groups in total. The molecule has 3 amide bonds. The van der Waals surface area contributed by atoms with Crippen molar-refractivity contribution in [2.75, 3.05) is 26.2 Å². The molecule has 10 nitrogen and oxygen atoms in total. The number of morpholine rings is 1. The quantitative estimate of drug-likeness (QED) is 0.535. The molecule has 2 fully saturated rings. The van der Waals surface area contributed by atoms with Crippen LogP contribution in [0.25, 0.3) is 10.8 Å². The minimum absolute atomic E-state index is 0.00386. The number of nitrogens with zero attached hydrogens (tertiary/aromatic N) is 2. The molecule has 2 heterocycles. The number of carbonyl (C=O) groups is 3. The zero-order chi connectivity index (χ0) is 27.1. The van der Waals surface area contributed by atoms with Gasteiger partial charge in [0.05, 0.1) is 29.6 Å². The number of carbonyl (C=O) groups excluding carboxylic acids is 3. The van der Waals surface area contributed by atoms with Crippen molar-refractivity contribution >= 4 is 50.1 Å². The molecule has 2 aliphatic heterocycles. The molecule has 2 saturated heterocycles. The number of rotatable bonds is 7. The van der Waals surface area contributed by atoms with Gasteiger partial charge >= 0.3 is 0 Å². The van der Waals surface area contributed by atoms with Crippen LogP contribution in [0.2, 0.25) is 5.02 Å². The van der Waals surface area contributed by atoms with E-state index in [9.17, 15) is 22.8 Å². The molecule has 4 atom stereocenters. The molecule has 2 aliphatic rings. The van der Waals surface area contributed by atoms with Crippen molar-refractivity contribution in [2.45, 2.75) is 49.8 Å². The summed E-state index contributed by atoms with van der Waals surface area (Å²) in [5, 5.41) is 4.50. The molecule has 0 unspecified atom stereocenters. The lowest BCUT2D eigenvalue weighted by atomic mass is 9.82. The second-order valence-electron chi connectivity index (χ2n) is 9.78. The third kappa shape index (κ3) is 5.05. The Morgan fingerprint density at radius 3 is 2.41 bits per heavy atom. The molecule has 2 aromatic carbocycles. The van der Waals surface area contributed by atoms with Crippen LogP contribution < -0.4 is 11.1 Å². The summed E-state index contributed by atoms with van der Waals surface area (Å²) in [5.74, 6) is -3.07. The number of ether oxygens (including phenoxy) is 1. The van der Waals surface area contributed by atoms with E-state index < -0.39 is 45.7 Å². The third-order valence-electron chi connectivity index (χ3n) is 7.11. The third-order valence-corrected chi connectivity index (χ3v) is 9.23. The fourth-order valence-corrected chi connectivity index (χ4v) is 7.41. The van der Waals surface area contributed by atoms with Crippen LogP contribution in [0.4, 0.5) is 0 Å². The summed E-state index contributed by atoms with van der Waals surface area (Å²) in [7, 11) is -4.46. The van der Waals surface area contributed by atoms with Gasteiger partial charge in [-0.1, -0.05) is 30.7 Å². The molecule has 37 heavy (non-hydrogen) atoms. The normalized spacial score (nSPS) is 25.3. The first-order chi connectivity index (χ1) is 17.4. The van der Waals surface area contributed by atoms with E-state index in [0.717, 1.165) is 9.69 Å². The van der Waals surface area contributed by atoms with Crippen LogP contribution in [0.1, 0.15) is 27.2 Å². The molecule has 0 aromatic heterocycles. The lowest BCUT2D eigenvalue weighted by Gasteiger charge is -2.44. The monoisotopic (exact) mass is 550 g/mol. The summed E-state index contributed by atoms with van der Waals surface area (Å²) >= 11 is 6.06. The number of hydrogen-bond acceptors (Lipinski definition) is 6. The predicted octanol–water partition coefficient (Wildman–Crippen LogP) is 1.50. The van der Waals surface area contributed by atoms with Crippen molar-refractivity contribution in [1.82, 2.24) is 14.5 Å². The van der Waals surface area contributed by atoms with Crippen molar-refractivity contribution in [1.29, 1.82) is 0 Å². The summed E-state index contributed by atoms with van der Waals surface area (Å²) in [5.41, 5.74) is 3.66. The van der Waals surface area contributed by atoms with E-state index in [4.69, 9.17) is 22.1 Å². The maximum Gasteiger partial charge on any atom is 0.244 e. The molecule has 4 rings (SSSR count). The number of halogens is 1. The Balaban J connectivity index is 1.81. The Labute approximate surface area is 221 Å². The first kappa shape index (κ1) is 27.3. The van der Waals surface area contributed by atoms with Gasteiger partial charge in [-0.2, -0.15) is 4.31 Å². The molecule has 0 bridgehead atoms. The Morgan fingerprint density at radius 2 is 1.81 bits per heavy atom. The minimum atomic E-state index is -4.46. The van der Waals surface area contributed by atoms with Gasteiger partial charge in [0.2, 0.25) is 27.7 Å². The van der Waals surface area contributed by atoms with Crippen molar-refractivity contribution in [3.63, 3.8) is 0 Å². The Bertz CT molecular complexity index is 1340. The SMILES string of the molecule is C[C@@H]1CN(C(=O)[C@@H](C)[C@@]2(N(CC(N)=O)S(=O)(=O)c3ccc4cc(Cl)ccc4c3)CCNC2=O)C[C@H](C)O1. The van der Waals surface area contributed by atoms with Gasteiger partial charge in [-0.25, -0.2) is 8.42 Å². The smallest absolute Gasteiger partial charge is 0.244 e. The van der Waals surface area contributed by atoms with Gasteiger partial charge in [-0.05, 0) is 55.3 Å². The minimum Gasteiger partial charge on any atom is -0.372 e. The van der Waals surface area contributed by atoms with E-state index in [1.54, 1.807) is 29.2 Å². The van der Waals surface area contributed by atoms with Crippen LogP contribution in [-0.4, -0.2) is 79.3 Å². The maximum absolute atomic E-state index is 14.1. The van der Waals surface area contributed by atoms with Gasteiger partial charge in [0, 0.05) is 24.7 Å². The second-order valence-corrected chi connectivity index (χ2v) is 12.1. The molecular formula is C25H31ClN4O6S. The predicted molar refractivity (Wildman–Crippen MR) is 138 cm³/mol. The van der Waals surface area contributed by atoms with E-state index in [1.165, 1.54) is 19.1 Å². The topological polar surface area (TPSA) is 139 Å². The molecule has 2 aromatic rings. The second kappa shape index (κ2) is 10.2. The van der Waals surface area contributed by atoms with E-state index in [2.05, 4.69) is 5.32 Å². The van der Waals surface area contributed by atoms with Crippen LogP contribution >= 0.6 is 11.6 Å². The molecule has 12 heteroatoms. The number of nitrogens with two attached hydrogens (primary N) is 1. The number of benzene rings is 2. The van der Waals surface area contributed by atoms with Crippen LogP contribution in [0.5, 0.6) is 0 Å². The summed E-state index contributed by atoms with van der Waals surface area (Å²) in [6.07, 6.45) is -0.432. The number of hydrogen-bond donors (Lipinski definition) is 2. The zero-order valence-corrected chi connectivity index (χ0v) is 22.5. The van der Waals surface area contributed by atoms with Crippen molar-refractivity contribution in [3.8, 4) is 0 Å². The van der Waals surface area contributed by atoms with E-state index in [-0.39, 0.29) is 30.1 Å². The number of primary amides is 1. The largest absolute Gasteiger partial charge is 0.372 e. The van der Waals surface area contributed by atoms with Gasteiger partial charge in [-0.3, -0.25) is 14.4 Å². The number of amides is 3. The van der Waals surface area contributed by atoms with Crippen molar-refractivity contribution in [2.24, 2.45) is 11.7 Å². The lowest BCUT2D eigenvalue weighted by Crippen LogP contribution is -2.65. The molecule has 200 valence electrons. The standard InChI is InChI=1S/C25H31ClN4O6S/c1-15-12-29(13-16(2)36-15)23(32)17(3)25(8-9-28-24(25)33)30(14-22(27)31)37(34,35)21-7-5-18-10-20(26)6-4-19(18)11-21/h4-7,10-11,15-17H,8-9,12-14H2,1-3H3,(H2,27,31)(H,28,33)/t15-,16+,17-,25+/m1/s1. The first-order valence-electron chi connectivity index (χ1n) is 12.1. The average Bonchev–Trinajstić information content (AvgIpc) is 3.21. The van der Waals surface area contributed by atoms with Crippen LogP contribution in [0.3, 0.4) is 0 Å². The summed E-state index contributed by atoms with van der Waals surface area (Å²) in [6, 6.07) is 9.46. The number of fused-ring (bicyclic) bond motifs is 1. The van der Waals surface area contributed by atoms with Crippen LogP contribution in [-0.2, 0) is 29.1 Å². The summed E-state index contributed by atoms with van der Waals surface area (Å²) < 4.78 is 34.7. The highest BCUT2D eigenvalue weighted by molar-refractivity contribution is 7.89. The summed E-state index contributed by atoms with van der Waals surface area (Å²) in [6.45, 7) is 5.21. The van der Waals surface area contributed by atoms with Crippen LogP contribution in [0, 0.1) is 5.92 Å². The number of nitrogens with one attached hydrogen (secondary N) is 1. The van der Waals surface area contributed by atoms with E-state index in [0.29, 0.717) is 23.5 Å². The fraction of sp³-hybridized carbons (Fsp3) is 0.480. The van der Waals surface area contributed by atoms with Gasteiger partial charge < -0.3 is 20.7 Å². The van der Waals surface area contributed by atoms with Gasteiger partial charge in [-0.15, -0.1) is 0 Å². The highest BCUT2D eigenvalue weighted by Gasteiger charge is 2.59. The van der Waals surface area contributed by atoms with E-state index in [1.807, 2.05) is 13.8 Å². The van der Waals surface area contributed by atoms with Crippen molar-refractivity contribution in [3.05, 3.63) is 41.4 Å². The molecular weight excluding hydrogens is 520 g/mol. The van der Waals surface area contributed by atoms with Gasteiger partial charge in [0.1, 0.15) is 5.54 Å². The zero-order valence-electron chi connectivity index (χ0n) is 20.9. The molecule has 0 spiro atoms. The number of sulfonamides is 1. The van der Waals surface area contributed by atoms with Gasteiger partial charge in [0.15, 0.2) is 0 Å². The Kier molecular flexibility index (Phi) is 7.53.